The molecule has 0 bridgehead atoms. The average Bonchev–Trinajstić information content (AvgIpc) is 2.79. The highest BCUT2D eigenvalue weighted by molar-refractivity contribution is 7.92. The van der Waals surface area contributed by atoms with Gasteiger partial charge in [-0.15, -0.1) is 0 Å². The maximum Gasteiger partial charge on any atom is 0.405 e. The Morgan fingerprint density at radius 2 is 1.56 bits per heavy atom. The van der Waals surface area contributed by atoms with Crippen LogP contribution in [0.15, 0.2) is 71.6 Å². The molecular formula is C22H19ClF3N3O4S. The van der Waals surface area contributed by atoms with Crippen LogP contribution in [0.5, 0.6) is 11.5 Å². The molecule has 0 radical (unpaired) electrons. The normalized spacial score (nSPS) is 11.7. The maximum absolute atomic E-state index is 12.8. The zero-order valence-corrected chi connectivity index (χ0v) is 19.0. The first kappa shape index (κ1) is 25.3. The van der Waals surface area contributed by atoms with Crippen molar-refractivity contribution in [2.45, 2.75) is 17.6 Å². The summed E-state index contributed by atoms with van der Waals surface area (Å²) in [5, 5.41) is 1.73. The van der Waals surface area contributed by atoms with E-state index in [-0.39, 0.29) is 21.2 Å². The minimum absolute atomic E-state index is 0.0427. The number of amides is 1. The standard InChI is InChI=1S/C22H19ClF3N3O4S/c23-15-3-10-20(19(11-15)21(30)28-13-22(24,25)26)29-34(31,32)18-8-6-17(7-9-18)33-16-4-1-14(12-27)2-5-16/h1-11,29H,12-13,27H2,(H,28,30). The second kappa shape index (κ2) is 10.3. The fraction of sp³-hybridized carbons (Fsp3) is 0.136. The molecule has 3 aromatic rings. The van der Waals surface area contributed by atoms with Gasteiger partial charge in [0, 0.05) is 11.6 Å². The summed E-state index contributed by atoms with van der Waals surface area (Å²) in [6, 6.07) is 16.0. The zero-order valence-electron chi connectivity index (χ0n) is 17.4. The molecule has 0 aliphatic carbocycles. The smallest absolute Gasteiger partial charge is 0.405 e. The van der Waals surface area contributed by atoms with Crippen LogP contribution < -0.4 is 20.5 Å². The largest absolute Gasteiger partial charge is 0.457 e. The third kappa shape index (κ3) is 6.86. The summed E-state index contributed by atoms with van der Waals surface area (Å²) in [7, 11) is -4.19. The topological polar surface area (TPSA) is 111 Å². The van der Waals surface area contributed by atoms with Gasteiger partial charge in [0.25, 0.3) is 15.9 Å². The Bertz CT molecular complexity index is 1270. The van der Waals surface area contributed by atoms with Crippen molar-refractivity contribution < 1.29 is 31.1 Å². The number of anilines is 1. The number of alkyl halides is 3. The van der Waals surface area contributed by atoms with Crippen molar-refractivity contribution in [1.82, 2.24) is 5.32 Å². The number of benzene rings is 3. The van der Waals surface area contributed by atoms with Crippen molar-refractivity contribution in [3.63, 3.8) is 0 Å². The summed E-state index contributed by atoms with van der Waals surface area (Å²) < 4.78 is 70.8. The Hall–Kier alpha value is -3.28. The maximum atomic E-state index is 12.8. The number of sulfonamides is 1. The number of ether oxygens (including phenoxy) is 1. The number of rotatable bonds is 8. The highest BCUT2D eigenvalue weighted by Gasteiger charge is 2.29. The Morgan fingerprint density at radius 1 is 0.971 bits per heavy atom. The van der Waals surface area contributed by atoms with E-state index < -0.39 is 28.7 Å². The van der Waals surface area contributed by atoms with Crippen molar-refractivity contribution in [2.75, 3.05) is 11.3 Å². The third-order valence-electron chi connectivity index (χ3n) is 4.45. The minimum Gasteiger partial charge on any atom is -0.457 e. The van der Waals surface area contributed by atoms with Crippen LogP contribution in [0, 0.1) is 0 Å². The minimum atomic E-state index is -4.63. The Labute approximate surface area is 198 Å². The van der Waals surface area contributed by atoms with Crippen LogP contribution in [-0.4, -0.2) is 27.0 Å². The van der Waals surface area contributed by atoms with E-state index in [1.807, 2.05) is 0 Å². The summed E-state index contributed by atoms with van der Waals surface area (Å²) in [5.41, 5.74) is 5.89. The summed E-state index contributed by atoms with van der Waals surface area (Å²) >= 11 is 5.84. The van der Waals surface area contributed by atoms with Gasteiger partial charge in [-0.3, -0.25) is 9.52 Å². The van der Waals surface area contributed by atoms with E-state index in [9.17, 15) is 26.4 Å². The van der Waals surface area contributed by atoms with Gasteiger partial charge in [0.15, 0.2) is 0 Å². The molecule has 3 rings (SSSR count). The summed E-state index contributed by atoms with van der Waals surface area (Å²) in [6.07, 6.45) is -4.63. The van der Waals surface area contributed by atoms with Crippen LogP contribution in [0.3, 0.4) is 0 Å². The van der Waals surface area contributed by atoms with E-state index in [0.717, 1.165) is 11.6 Å². The first-order valence-corrected chi connectivity index (χ1v) is 11.6. The number of carbonyl (C=O) groups is 1. The second-order valence-corrected chi connectivity index (χ2v) is 9.13. The molecule has 0 aromatic heterocycles. The van der Waals surface area contributed by atoms with Crippen molar-refractivity contribution in [2.24, 2.45) is 5.73 Å². The number of nitrogens with one attached hydrogen (secondary N) is 2. The first-order valence-electron chi connectivity index (χ1n) is 9.71. The van der Waals surface area contributed by atoms with Crippen LogP contribution >= 0.6 is 11.6 Å². The van der Waals surface area contributed by atoms with Gasteiger partial charge in [0.1, 0.15) is 18.0 Å². The van der Waals surface area contributed by atoms with Gasteiger partial charge in [-0.2, -0.15) is 13.2 Å². The molecule has 4 N–H and O–H groups in total. The molecular weight excluding hydrogens is 495 g/mol. The molecule has 1 amide bonds. The number of nitrogens with two attached hydrogens (primary N) is 1. The number of halogens is 4. The first-order chi connectivity index (χ1) is 16.0. The number of hydrogen-bond donors (Lipinski definition) is 3. The van der Waals surface area contributed by atoms with E-state index in [1.165, 1.54) is 36.4 Å². The van der Waals surface area contributed by atoms with Gasteiger partial charge in [-0.25, -0.2) is 8.42 Å². The summed E-state index contributed by atoms with van der Waals surface area (Å²) in [6.45, 7) is -1.19. The lowest BCUT2D eigenvalue weighted by Crippen LogP contribution is -2.34. The zero-order chi connectivity index (χ0) is 24.9. The molecule has 0 saturated carbocycles. The van der Waals surface area contributed by atoms with E-state index in [2.05, 4.69) is 4.72 Å². The van der Waals surface area contributed by atoms with Crippen molar-refractivity contribution in [3.8, 4) is 11.5 Å². The molecule has 0 fully saturated rings. The van der Waals surface area contributed by atoms with Gasteiger partial charge in [0.2, 0.25) is 0 Å². The fourth-order valence-corrected chi connectivity index (χ4v) is 4.04. The van der Waals surface area contributed by atoms with Gasteiger partial charge >= 0.3 is 6.18 Å². The third-order valence-corrected chi connectivity index (χ3v) is 6.07. The molecule has 34 heavy (non-hydrogen) atoms. The predicted molar refractivity (Wildman–Crippen MR) is 121 cm³/mol. The van der Waals surface area contributed by atoms with Crippen molar-refractivity contribution >= 4 is 33.2 Å². The van der Waals surface area contributed by atoms with Crippen LogP contribution in [0.4, 0.5) is 18.9 Å². The van der Waals surface area contributed by atoms with Gasteiger partial charge in [-0.05, 0) is 60.2 Å². The molecule has 0 saturated heterocycles. The predicted octanol–water partition coefficient (Wildman–Crippen LogP) is 4.68. The van der Waals surface area contributed by atoms with Crippen LogP contribution in [0.1, 0.15) is 15.9 Å². The molecule has 0 aliphatic rings. The Balaban J connectivity index is 1.77. The van der Waals surface area contributed by atoms with E-state index >= 15 is 0 Å². The lowest BCUT2D eigenvalue weighted by atomic mass is 10.1. The molecule has 0 spiro atoms. The highest BCUT2D eigenvalue weighted by atomic mass is 35.5. The highest BCUT2D eigenvalue weighted by Crippen LogP contribution is 2.27. The van der Waals surface area contributed by atoms with Gasteiger partial charge < -0.3 is 15.8 Å². The molecule has 0 unspecified atom stereocenters. The SMILES string of the molecule is NCc1ccc(Oc2ccc(S(=O)(=O)Nc3ccc(Cl)cc3C(=O)NCC(F)(F)F)cc2)cc1. The molecule has 0 aliphatic heterocycles. The lowest BCUT2D eigenvalue weighted by molar-refractivity contribution is -0.123. The van der Waals surface area contributed by atoms with E-state index in [0.29, 0.717) is 18.0 Å². The Kier molecular flexibility index (Phi) is 7.70. The van der Waals surface area contributed by atoms with E-state index in [1.54, 1.807) is 29.6 Å². The van der Waals surface area contributed by atoms with Crippen LogP contribution in [0.25, 0.3) is 0 Å². The summed E-state index contributed by atoms with van der Waals surface area (Å²) in [5.74, 6) is -0.235. The summed E-state index contributed by atoms with van der Waals surface area (Å²) in [4.78, 5) is 12.1. The molecule has 0 heterocycles. The van der Waals surface area contributed by atoms with Crippen LogP contribution in [0.2, 0.25) is 5.02 Å². The van der Waals surface area contributed by atoms with Gasteiger partial charge in [-0.1, -0.05) is 23.7 Å². The molecule has 180 valence electrons. The molecule has 7 nitrogen and oxygen atoms in total. The lowest BCUT2D eigenvalue weighted by Gasteiger charge is -2.14. The molecule has 3 aromatic carbocycles. The molecule has 12 heteroatoms. The fourth-order valence-electron chi connectivity index (χ4n) is 2.79. The van der Waals surface area contributed by atoms with E-state index in [4.69, 9.17) is 22.1 Å². The van der Waals surface area contributed by atoms with Crippen molar-refractivity contribution in [1.29, 1.82) is 0 Å². The average molecular weight is 514 g/mol. The quantitative estimate of drug-likeness (QED) is 0.405. The number of carbonyl (C=O) groups excluding carboxylic acids is 1. The van der Waals surface area contributed by atoms with Crippen molar-refractivity contribution in [3.05, 3.63) is 82.9 Å². The molecule has 0 atom stereocenters. The van der Waals surface area contributed by atoms with Gasteiger partial charge in [0.05, 0.1) is 16.1 Å². The van der Waals surface area contributed by atoms with Crippen LogP contribution in [-0.2, 0) is 16.6 Å². The monoisotopic (exact) mass is 513 g/mol. The number of hydrogen-bond acceptors (Lipinski definition) is 5. The second-order valence-electron chi connectivity index (χ2n) is 7.01. The Morgan fingerprint density at radius 3 is 2.12 bits per heavy atom.